The first-order chi connectivity index (χ1) is 8.29. The second kappa shape index (κ2) is 6.29. The van der Waals surface area contributed by atoms with Gasteiger partial charge in [0.1, 0.15) is 0 Å². The second-order valence-corrected chi connectivity index (χ2v) is 6.56. The molecule has 0 bridgehead atoms. The minimum Gasteiger partial charge on any atom is -0.328 e. The summed E-state index contributed by atoms with van der Waals surface area (Å²) >= 11 is 1.48. The number of aromatic nitrogens is 1. The van der Waals surface area contributed by atoms with Gasteiger partial charge in [-0.2, -0.15) is 0 Å². The quantitative estimate of drug-likeness (QED) is 0.863. The van der Waals surface area contributed by atoms with E-state index >= 15 is 0 Å². The van der Waals surface area contributed by atoms with E-state index in [4.69, 9.17) is 5.73 Å². The molecule has 1 heterocycles. The van der Waals surface area contributed by atoms with Crippen LogP contribution in [0.5, 0.6) is 0 Å². The maximum Gasteiger partial charge on any atom is 0.226 e. The van der Waals surface area contributed by atoms with Crippen molar-refractivity contribution in [3.05, 3.63) is 11.1 Å². The average molecular weight is 269 g/mol. The number of thiazole rings is 1. The first-order valence-corrected chi connectivity index (χ1v) is 7.18. The molecule has 0 saturated heterocycles. The fourth-order valence-electron chi connectivity index (χ4n) is 1.44. The van der Waals surface area contributed by atoms with Crippen molar-refractivity contribution in [3.63, 3.8) is 0 Å². The third kappa shape index (κ3) is 5.14. The van der Waals surface area contributed by atoms with Gasteiger partial charge < -0.3 is 11.1 Å². The van der Waals surface area contributed by atoms with Gasteiger partial charge in [0.15, 0.2) is 5.13 Å². The zero-order chi connectivity index (χ0) is 13.8. The van der Waals surface area contributed by atoms with Gasteiger partial charge in [-0.05, 0) is 19.8 Å². The van der Waals surface area contributed by atoms with Gasteiger partial charge in [0.25, 0.3) is 0 Å². The number of rotatable bonds is 5. The smallest absolute Gasteiger partial charge is 0.226 e. The van der Waals surface area contributed by atoms with Crippen LogP contribution in [0.4, 0.5) is 5.13 Å². The van der Waals surface area contributed by atoms with Crippen molar-refractivity contribution >= 4 is 22.4 Å². The van der Waals surface area contributed by atoms with Gasteiger partial charge in [0, 0.05) is 23.3 Å². The van der Waals surface area contributed by atoms with Crippen molar-refractivity contribution in [1.82, 2.24) is 4.98 Å². The Morgan fingerprint density at radius 3 is 2.72 bits per heavy atom. The standard InChI is InChI=1S/C13H23N3OS/c1-9(14)6-5-7-11(17)16-12-15-10(8-18-12)13(2,3)4/h8-9H,5-7,14H2,1-4H3,(H,15,16,17). The lowest BCUT2D eigenvalue weighted by Crippen LogP contribution is -2.17. The highest BCUT2D eigenvalue weighted by molar-refractivity contribution is 7.13. The van der Waals surface area contributed by atoms with Crippen LogP contribution in [0.1, 0.15) is 52.7 Å². The number of nitrogens with zero attached hydrogens (tertiary/aromatic N) is 1. The van der Waals surface area contributed by atoms with Gasteiger partial charge in [0.2, 0.25) is 5.91 Å². The summed E-state index contributed by atoms with van der Waals surface area (Å²) in [7, 11) is 0. The van der Waals surface area contributed by atoms with E-state index in [1.165, 1.54) is 11.3 Å². The van der Waals surface area contributed by atoms with E-state index in [-0.39, 0.29) is 17.4 Å². The van der Waals surface area contributed by atoms with Gasteiger partial charge in [0.05, 0.1) is 5.69 Å². The number of hydrogen-bond donors (Lipinski definition) is 2. The van der Waals surface area contributed by atoms with Gasteiger partial charge in [-0.25, -0.2) is 4.98 Å². The summed E-state index contributed by atoms with van der Waals surface area (Å²) in [6.07, 6.45) is 2.20. The highest BCUT2D eigenvalue weighted by atomic mass is 32.1. The molecule has 0 radical (unpaired) electrons. The molecule has 0 aromatic carbocycles. The summed E-state index contributed by atoms with van der Waals surface area (Å²) in [4.78, 5) is 16.1. The summed E-state index contributed by atoms with van der Waals surface area (Å²) in [5.74, 6) is 0.0189. The molecule has 1 aromatic rings. The van der Waals surface area contributed by atoms with Crippen LogP contribution in [-0.2, 0) is 10.2 Å². The van der Waals surface area contributed by atoms with Crippen LogP contribution in [0.3, 0.4) is 0 Å². The number of carbonyl (C=O) groups excluding carboxylic acids is 1. The van der Waals surface area contributed by atoms with Gasteiger partial charge in [-0.15, -0.1) is 11.3 Å². The molecule has 1 unspecified atom stereocenters. The maximum atomic E-state index is 11.7. The van der Waals surface area contributed by atoms with Crippen molar-refractivity contribution < 1.29 is 4.79 Å². The largest absolute Gasteiger partial charge is 0.328 e. The van der Waals surface area contributed by atoms with Crippen LogP contribution in [-0.4, -0.2) is 16.9 Å². The van der Waals surface area contributed by atoms with E-state index in [0.29, 0.717) is 11.6 Å². The Morgan fingerprint density at radius 1 is 1.56 bits per heavy atom. The summed E-state index contributed by atoms with van der Waals surface area (Å²) in [5, 5.41) is 5.52. The van der Waals surface area contributed by atoms with Crippen LogP contribution in [0.2, 0.25) is 0 Å². The summed E-state index contributed by atoms with van der Waals surface area (Å²) in [5.41, 5.74) is 6.68. The molecule has 0 fully saturated rings. The second-order valence-electron chi connectivity index (χ2n) is 5.71. The Kier molecular flexibility index (Phi) is 5.28. The van der Waals surface area contributed by atoms with Crippen molar-refractivity contribution in [2.75, 3.05) is 5.32 Å². The first kappa shape index (κ1) is 15.1. The summed E-state index contributed by atoms with van der Waals surface area (Å²) in [6, 6.07) is 0.158. The summed E-state index contributed by atoms with van der Waals surface area (Å²) < 4.78 is 0. The Labute approximate surface area is 113 Å². The van der Waals surface area contributed by atoms with Crippen molar-refractivity contribution in [2.24, 2.45) is 5.73 Å². The molecule has 0 saturated carbocycles. The maximum absolute atomic E-state index is 11.7. The van der Waals surface area contributed by atoms with Crippen LogP contribution >= 0.6 is 11.3 Å². The van der Waals surface area contributed by atoms with Gasteiger partial charge in [-0.3, -0.25) is 4.79 Å². The van der Waals surface area contributed by atoms with E-state index in [9.17, 15) is 4.79 Å². The van der Waals surface area contributed by atoms with E-state index < -0.39 is 0 Å². The van der Waals surface area contributed by atoms with E-state index in [1.807, 2.05) is 12.3 Å². The molecular formula is C13H23N3OS. The highest BCUT2D eigenvalue weighted by Gasteiger charge is 2.17. The number of hydrogen-bond acceptors (Lipinski definition) is 4. The van der Waals surface area contributed by atoms with Gasteiger partial charge >= 0.3 is 0 Å². The zero-order valence-electron chi connectivity index (χ0n) is 11.6. The molecule has 5 heteroatoms. The molecule has 4 nitrogen and oxygen atoms in total. The Hall–Kier alpha value is -0.940. The number of carbonyl (C=O) groups is 1. The Bertz CT molecular complexity index is 393. The van der Waals surface area contributed by atoms with Crippen LogP contribution < -0.4 is 11.1 Å². The Morgan fingerprint density at radius 2 is 2.22 bits per heavy atom. The zero-order valence-corrected chi connectivity index (χ0v) is 12.4. The fourth-order valence-corrected chi connectivity index (χ4v) is 2.40. The van der Waals surface area contributed by atoms with Crippen LogP contribution in [0.15, 0.2) is 5.38 Å². The molecule has 1 atom stereocenters. The lowest BCUT2D eigenvalue weighted by molar-refractivity contribution is -0.116. The third-order valence-corrected chi connectivity index (χ3v) is 3.34. The van der Waals surface area contributed by atoms with E-state index in [2.05, 4.69) is 31.1 Å². The van der Waals surface area contributed by atoms with Crippen molar-refractivity contribution in [3.8, 4) is 0 Å². The number of nitrogens with two attached hydrogens (primary N) is 1. The predicted octanol–water partition coefficient (Wildman–Crippen LogP) is 2.90. The molecule has 1 aromatic heterocycles. The molecule has 0 spiro atoms. The molecule has 102 valence electrons. The topological polar surface area (TPSA) is 68.0 Å². The monoisotopic (exact) mass is 269 g/mol. The molecule has 1 rings (SSSR count). The minimum absolute atomic E-state index is 0.0189. The van der Waals surface area contributed by atoms with Crippen LogP contribution in [0, 0.1) is 0 Å². The molecule has 0 aliphatic rings. The average Bonchev–Trinajstić information content (AvgIpc) is 2.64. The minimum atomic E-state index is 0.0189. The van der Waals surface area contributed by atoms with E-state index in [0.717, 1.165) is 18.5 Å². The first-order valence-electron chi connectivity index (χ1n) is 6.30. The Balaban J connectivity index is 2.43. The molecule has 3 N–H and O–H groups in total. The predicted molar refractivity (Wildman–Crippen MR) is 76.9 cm³/mol. The fraction of sp³-hybridized carbons (Fsp3) is 0.692. The molecule has 18 heavy (non-hydrogen) atoms. The lowest BCUT2D eigenvalue weighted by atomic mass is 9.93. The lowest BCUT2D eigenvalue weighted by Gasteiger charge is -2.14. The van der Waals surface area contributed by atoms with Crippen molar-refractivity contribution in [1.29, 1.82) is 0 Å². The molecule has 1 amide bonds. The number of amides is 1. The van der Waals surface area contributed by atoms with Gasteiger partial charge in [-0.1, -0.05) is 20.8 Å². The number of anilines is 1. The SMILES string of the molecule is CC(N)CCCC(=O)Nc1nc(C(C)(C)C)cs1. The molecular weight excluding hydrogens is 246 g/mol. The van der Waals surface area contributed by atoms with E-state index in [1.54, 1.807) is 0 Å². The molecule has 0 aliphatic carbocycles. The van der Waals surface area contributed by atoms with Crippen molar-refractivity contribution in [2.45, 2.75) is 58.4 Å². The highest BCUT2D eigenvalue weighted by Crippen LogP contribution is 2.26. The molecule has 0 aliphatic heterocycles. The van der Waals surface area contributed by atoms with Crippen LogP contribution in [0.25, 0.3) is 0 Å². The summed E-state index contributed by atoms with van der Waals surface area (Å²) in [6.45, 7) is 8.28. The third-order valence-electron chi connectivity index (χ3n) is 2.58. The normalized spacial score (nSPS) is 13.4. The number of nitrogens with one attached hydrogen (secondary N) is 1.